The normalized spacial score (nSPS) is 11.7. The second-order valence-electron chi connectivity index (χ2n) is 5.97. The van der Waals surface area contributed by atoms with Crippen LogP contribution in [0.5, 0.6) is 0 Å². The number of thioether (sulfide) groups is 1. The van der Waals surface area contributed by atoms with Crippen LogP contribution < -0.4 is 5.32 Å². The highest BCUT2D eigenvalue weighted by molar-refractivity contribution is 9.11. The highest BCUT2D eigenvalue weighted by Crippen LogP contribution is 2.38. The van der Waals surface area contributed by atoms with Crippen molar-refractivity contribution in [3.63, 3.8) is 0 Å². The van der Waals surface area contributed by atoms with E-state index >= 15 is 0 Å². The number of carbonyl (C=O) groups is 2. The predicted molar refractivity (Wildman–Crippen MR) is 127 cm³/mol. The molecule has 0 saturated heterocycles. The van der Waals surface area contributed by atoms with Gasteiger partial charge < -0.3 is 10.4 Å². The summed E-state index contributed by atoms with van der Waals surface area (Å²) in [6, 6.07) is 20.2. The fraction of sp³-hybridized carbons (Fsp3) is 0.0476. The minimum Gasteiger partial charge on any atom is -0.478 e. The molecule has 0 bridgehead atoms. The fourth-order valence-corrected chi connectivity index (χ4v) is 5.22. The first kappa shape index (κ1) is 22.1. The van der Waals surface area contributed by atoms with Crippen LogP contribution in [0.4, 0.5) is 5.69 Å². The first-order chi connectivity index (χ1) is 13.8. The largest absolute Gasteiger partial charge is 0.478 e. The zero-order chi connectivity index (χ0) is 21.0. The summed E-state index contributed by atoms with van der Waals surface area (Å²) in [6.07, 6.45) is 0. The van der Waals surface area contributed by atoms with Gasteiger partial charge in [-0.1, -0.05) is 62.2 Å². The number of carboxylic acid groups (broad SMARTS) is 1. The molecule has 0 aliphatic rings. The average Bonchev–Trinajstić information content (AvgIpc) is 2.69. The van der Waals surface area contributed by atoms with Gasteiger partial charge in [-0.3, -0.25) is 4.79 Å². The van der Waals surface area contributed by atoms with Crippen LogP contribution in [-0.4, -0.2) is 17.0 Å². The van der Waals surface area contributed by atoms with Crippen molar-refractivity contribution < 1.29 is 14.7 Å². The average molecular weight is 600 g/mol. The summed E-state index contributed by atoms with van der Waals surface area (Å²) in [5, 5.41) is 11.8. The maximum Gasteiger partial charge on any atom is 0.337 e. The van der Waals surface area contributed by atoms with Crippen LogP contribution in [0.25, 0.3) is 0 Å². The van der Waals surface area contributed by atoms with Crippen molar-refractivity contribution in [3.05, 3.63) is 91.3 Å². The van der Waals surface area contributed by atoms with Gasteiger partial charge in [0.2, 0.25) is 5.91 Å². The Morgan fingerprint density at radius 2 is 1.55 bits per heavy atom. The standard InChI is InChI=1S/C21H14Br3NO3S/c22-13-6-8-15(9-7-13)29-19(12-4-2-1-3-5-12)20(26)25-18-16(21(27)28)10-14(23)11-17(18)24/h1-11,19H,(H,25,26)(H,27,28). The summed E-state index contributed by atoms with van der Waals surface area (Å²) in [6.45, 7) is 0. The SMILES string of the molecule is O=C(O)c1cc(Br)cc(Br)c1NC(=O)C(Sc1ccc(Br)cc1)c1ccccc1. The third kappa shape index (κ3) is 5.72. The highest BCUT2D eigenvalue weighted by Gasteiger charge is 2.25. The number of aromatic carboxylic acids is 1. The van der Waals surface area contributed by atoms with Gasteiger partial charge in [0.1, 0.15) is 5.25 Å². The van der Waals surface area contributed by atoms with Crippen LogP contribution in [-0.2, 0) is 4.79 Å². The monoisotopic (exact) mass is 597 g/mol. The number of rotatable bonds is 6. The van der Waals surface area contributed by atoms with E-state index in [-0.39, 0.29) is 17.2 Å². The van der Waals surface area contributed by atoms with Crippen LogP contribution >= 0.6 is 59.6 Å². The number of hydrogen-bond acceptors (Lipinski definition) is 3. The zero-order valence-corrected chi connectivity index (χ0v) is 20.3. The Labute approximate surface area is 197 Å². The molecule has 1 amide bonds. The van der Waals surface area contributed by atoms with Gasteiger partial charge in [0.25, 0.3) is 0 Å². The third-order valence-corrected chi connectivity index (χ3v) is 6.82. The van der Waals surface area contributed by atoms with Crippen LogP contribution in [0.1, 0.15) is 21.2 Å². The molecule has 8 heteroatoms. The van der Waals surface area contributed by atoms with Crippen molar-refractivity contribution in [2.24, 2.45) is 0 Å². The van der Waals surface area contributed by atoms with Crippen molar-refractivity contribution in [1.82, 2.24) is 0 Å². The van der Waals surface area contributed by atoms with E-state index in [4.69, 9.17) is 0 Å². The Morgan fingerprint density at radius 3 is 2.17 bits per heavy atom. The molecule has 2 N–H and O–H groups in total. The van der Waals surface area contributed by atoms with E-state index in [1.165, 1.54) is 17.8 Å². The van der Waals surface area contributed by atoms with Gasteiger partial charge in [-0.2, -0.15) is 0 Å². The van der Waals surface area contributed by atoms with Crippen LogP contribution in [0.2, 0.25) is 0 Å². The number of benzene rings is 3. The van der Waals surface area contributed by atoms with Crippen LogP contribution in [0, 0.1) is 0 Å². The number of hydrogen-bond donors (Lipinski definition) is 2. The Hall–Kier alpha value is -1.61. The molecule has 3 aromatic rings. The lowest BCUT2D eigenvalue weighted by Gasteiger charge is -2.19. The van der Waals surface area contributed by atoms with Gasteiger partial charge in [-0.25, -0.2) is 4.79 Å². The molecule has 0 aromatic heterocycles. The summed E-state index contributed by atoms with van der Waals surface area (Å²) in [5.74, 6) is -1.44. The van der Waals surface area contributed by atoms with Gasteiger partial charge in [0, 0.05) is 18.3 Å². The van der Waals surface area contributed by atoms with Gasteiger partial charge in [-0.05, 0) is 57.9 Å². The molecular weight excluding hydrogens is 586 g/mol. The number of carboxylic acids is 1. The third-order valence-electron chi connectivity index (χ3n) is 3.94. The van der Waals surface area contributed by atoms with E-state index in [0.717, 1.165) is 14.9 Å². The Kier molecular flexibility index (Phi) is 7.56. The van der Waals surface area contributed by atoms with Gasteiger partial charge in [-0.15, -0.1) is 11.8 Å². The van der Waals surface area contributed by atoms with Crippen molar-refractivity contribution in [2.75, 3.05) is 5.32 Å². The predicted octanol–water partition coefficient (Wildman–Crippen LogP) is 7.14. The number of anilines is 1. The maximum absolute atomic E-state index is 13.2. The fourth-order valence-electron chi connectivity index (χ4n) is 2.61. The van der Waals surface area contributed by atoms with Crippen molar-refractivity contribution >= 4 is 77.1 Å². The molecular formula is C21H14Br3NO3S. The lowest BCUT2D eigenvalue weighted by molar-refractivity contribution is -0.115. The van der Waals surface area contributed by atoms with Crippen LogP contribution in [0.3, 0.4) is 0 Å². The Bertz CT molecular complexity index is 1040. The first-order valence-corrected chi connectivity index (χ1v) is 11.6. The lowest BCUT2D eigenvalue weighted by Crippen LogP contribution is -2.21. The van der Waals surface area contributed by atoms with E-state index in [1.807, 2.05) is 54.6 Å². The molecule has 29 heavy (non-hydrogen) atoms. The topological polar surface area (TPSA) is 66.4 Å². The summed E-state index contributed by atoms with van der Waals surface area (Å²) in [5.41, 5.74) is 1.05. The summed E-state index contributed by atoms with van der Waals surface area (Å²) in [4.78, 5) is 25.8. The molecule has 148 valence electrons. The summed E-state index contributed by atoms with van der Waals surface area (Å²) in [7, 11) is 0. The molecule has 3 rings (SSSR count). The molecule has 1 unspecified atom stereocenters. The van der Waals surface area contributed by atoms with E-state index in [0.29, 0.717) is 8.95 Å². The second-order valence-corrected chi connectivity index (χ2v) is 9.83. The maximum atomic E-state index is 13.2. The number of carbonyl (C=O) groups excluding carboxylic acids is 1. The van der Waals surface area contributed by atoms with Gasteiger partial charge in [0.15, 0.2) is 0 Å². The van der Waals surface area contributed by atoms with E-state index < -0.39 is 11.2 Å². The van der Waals surface area contributed by atoms with Gasteiger partial charge in [0.05, 0.1) is 11.3 Å². The van der Waals surface area contributed by atoms with Crippen molar-refractivity contribution in [1.29, 1.82) is 0 Å². The van der Waals surface area contributed by atoms with E-state index in [1.54, 1.807) is 6.07 Å². The summed E-state index contributed by atoms with van der Waals surface area (Å²) < 4.78 is 2.04. The molecule has 0 aliphatic carbocycles. The Morgan fingerprint density at radius 1 is 0.897 bits per heavy atom. The van der Waals surface area contributed by atoms with Crippen molar-refractivity contribution in [3.8, 4) is 0 Å². The smallest absolute Gasteiger partial charge is 0.337 e. The molecule has 0 heterocycles. The molecule has 3 aromatic carbocycles. The Balaban J connectivity index is 1.96. The quantitative estimate of drug-likeness (QED) is 0.296. The zero-order valence-electron chi connectivity index (χ0n) is 14.7. The molecule has 4 nitrogen and oxygen atoms in total. The number of nitrogens with one attached hydrogen (secondary N) is 1. The first-order valence-electron chi connectivity index (χ1n) is 8.35. The lowest BCUT2D eigenvalue weighted by atomic mass is 10.1. The number of amides is 1. The van der Waals surface area contributed by atoms with E-state index in [2.05, 4.69) is 53.1 Å². The van der Waals surface area contributed by atoms with Gasteiger partial charge >= 0.3 is 5.97 Å². The molecule has 1 atom stereocenters. The second kappa shape index (κ2) is 9.93. The van der Waals surface area contributed by atoms with E-state index in [9.17, 15) is 14.7 Å². The molecule has 0 spiro atoms. The molecule has 0 radical (unpaired) electrons. The summed E-state index contributed by atoms with van der Waals surface area (Å²) >= 11 is 11.4. The minimum absolute atomic E-state index is 0.0000494. The van der Waals surface area contributed by atoms with Crippen molar-refractivity contribution in [2.45, 2.75) is 10.1 Å². The minimum atomic E-state index is -1.13. The van der Waals surface area contributed by atoms with Crippen LogP contribution in [0.15, 0.2) is 85.0 Å². The molecule has 0 aliphatic heterocycles. The number of halogens is 3. The molecule has 0 saturated carbocycles. The molecule has 0 fully saturated rings. The highest BCUT2D eigenvalue weighted by atomic mass is 79.9.